The lowest BCUT2D eigenvalue weighted by atomic mass is 9.72. The quantitative estimate of drug-likeness (QED) is 0.0280. The molecule has 1 heterocycles. The summed E-state index contributed by atoms with van der Waals surface area (Å²) in [5.74, 6) is -2.62. The third-order valence-electron chi connectivity index (χ3n) is 9.37. The number of hydrogen-bond donors (Lipinski definition) is 6. The number of nitrogens with one attached hydrogen (secondary N) is 2. The van der Waals surface area contributed by atoms with E-state index in [2.05, 4.69) is 41.8 Å². The molecule has 0 bridgehead atoms. The molecule has 1 aliphatic heterocycles. The molecule has 0 unspecified atom stereocenters. The molecule has 17 heteroatoms. The van der Waals surface area contributed by atoms with Gasteiger partial charge in [-0.15, -0.1) is 0 Å². The minimum Gasteiger partial charge on any atom is -0.507 e. The predicted molar refractivity (Wildman–Crippen MR) is 191 cm³/mol. The van der Waals surface area contributed by atoms with Crippen LogP contribution in [0.4, 0.5) is 5.69 Å². The number of aliphatic hydroxyl groups is 2. The molecule has 3 aromatic rings. The average Bonchev–Trinajstić information content (AvgIpc) is 3.10. The molecule has 0 amide bonds. The number of aromatic hydroxyl groups is 2. The Morgan fingerprint density at radius 3 is 2.51 bits per heavy atom. The number of halogens is 1. The Kier molecular flexibility index (Phi) is 10.1. The smallest absolute Gasteiger partial charge is 0.202 e. The van der Waals surface area contributed by atoms with Crippen molar-refractivity contribution in [3.63, 3.8) is 0 Å². The number of thiocarbonyl (C=S) groups is 1. The van der Waals surface area contributed by atoms with Crippen LogP contribution in [0.3, 0.4) is 0 Å². The molecule has 1 fully saturated rings. The van der Waals surface area contributed by atoms with Gasteiger partial charge in [-0.25, -0.2) is 0 Å². The van der Waals surface area contributed by atoms with Crippen LogP contribution in [-0.4, -0.2) is 80.1 Å². The Hall–Kier alpha value is -4.61. The Bertz CT molecular complexity index is 2020. The lowest BCUT2D eigenvalue weighted by Gasteiger charge is -2.42. The molecule has 6 rings (SSSR count). The first-order valence-corrected chi connectivity index (χ1v) is 17.0. The van der Waals surface area contributed by atoms with Crippen LogP contribution in [0.5, 0.6) is 17.2 Å². The van der Waals surface area contributed by atoms with E-state index in [0.717, 1.165) is 4.47 Å². The summed E-state index contributed by atoms with van der Waals surface area (Å²) in [6.45, 7) is 3.09. The highest BCUT2D eigenvalue weighted by Gasteiger charge is 2.49. The van der Waals surface area contributed by atoms with Gasteiger partial charge in [-0.2, -0.15) is 5.10 Å². The minimum atomic E-state index is -1.87. The average molecular weight is 782 g/mol. The third kappa shape index (κ3) is 6.65. The lowest BCUT2D eigenvalue weighted by Crippen LogP contribution is -2.49. The summed E-state index contributed by atoms with van der Waals surface area (Å²) in [7, 11) is 1.34. The van der Waals surface area contributed by atoms with Crippen LogP contribution in [0.1, 0.15) is 75.8 Å². The molecule has 15 nitrogen and oxygen atoms in total. The first-order valence-electron chi connectivity index (χ1n) is 15.8. The molecule has 0 aromatic heterocycles. The van der Waals surface area contributed by atoms with Crippen molar-refractivity contribution >= 4 is 56.2 Å². The zero-order chi connectivity index (χ0) is 36.8. The third-order valence-corrected chi connectivity index (χ3v) is 10.1. The zero-order valence-corrected chi connectivity index (χ0v) is 29.9. The minimum absolute atomic E-state index is 0.0265. The number of anilines is 1. The molecule has 2 aliphatic carbocycles. The van der Waals surface area contributed by atoms with E-state index in [1.807, 2.05) is 12.1 Å². The van der Waals surface area contributed by atoms with Gasteiger partial charge < -0.3 is 40.0 Å². The fourth-order valence-corrected chi connectivity index (χ4v) is 7.15. The number of methoxy groups -OCH3 is 1. The molecule has 266 valence electrons. The summed E-state index contributed by atoms with van der Waals surface area (Å²) in [5, 5.41) is 57.4. The number of aliphatic hydroxyl groups excluding tert-OH is 1. The molecule has 0 saturated carbocycles. The number of ether oxygens (including phenoxy) is 3. The highest BCUT2D eigenvalue weighted by Crippen LogP contribution is 2.52. The van der Waals surface area contributed by atoms with Crippen LogP contribution in [0.2, 0.25) is 0 Å². The van der Waals surface area contributed by atoms with Gasteiger partial charge >= 0.3 is 0 Å². The molecule has 0 spiro atoms. The summed E-state index contributed by atoms with van der Waals surface area (Å²) >= 11 is 8.76. The highest BCUT2D eigenvalue weighted by atomic mass is 79.9. The summed E-state index contributed by atoms with van der Waals surface area (Å²) in [4.78, 5) is 30.7. The van der Waals surface area contributed by atoms with Crippen molar-refractivity contribution in [2.75, 3.05) is 12.4 Å². The fourth-order valence-electron chi connectivity index (χ4n) is 6.72. The van der Waals surface area contributed by atoms with Gasteiger partial charge in [-0.3, -0.25) is 15.0 Å². The SMILES string of the molecule is COc1cccc2c1C(=O)c1c(O)c3c(c(O)c1C2=O)C[C@@](O)(/C(C)=N/NC(=S)Nc1ccc(Br)cc1)C[C@@H]3O[C@H]1C[C@H](N=[N+]=[N-])[C@H](O)[C@H](C)O1. The molecular formula is C34H33BrN6O9S. The van der Waals surface area contributed by atoms with Crippen molar-refractivity contribution in [1.29, 1.82) is 0 Å². The topological polar surface area (TPSA) is 228 Å². The number of rotatable bonds is 7. The second-order valence-corrected chi connectivity index (χ2v) is 13.8. The Morgan fingerprint density at radius 2 is 1.82 bits per heavy atom. The standard InChI is InChI=1S/C34H33BrN6O9S/c1-14-28(42)20(39-41-36)11-23(49-14)50-22-13-34(47,15(2)38-40-33(51)37-17-9-7-16(35)8-10-17)12-19-25(22)32(46)27-26(30(19)44)29(43)18-5-4-6-21(48-3)24(18)31(27)45/h4-10,14,20,22-23,28,42,44,46-47H,11-13H2,1-3H3,(H2,37,40,51)/b38-15+/t14-,20-,22-,23-,28+,34-/m0/s1. The van der Waals surface area contributed by atoms with Gasteiger partial charge in [-0.05, 0) is 61.9 Å². The first-order chi connectivity index (χ1) is 24.3. The number of carbonyl (C=O) groups is 2. The van der Waals surface area contributed by atoms with Gasteiger partial charge in [0.1, 0.15) is 22.8 Å². The molecule has 0 radical (unpaired) electrons. The predicted octanol–water partition coefficient (Wildman–Crippen LogP) is 4.92. The number of hydrogen-bond acceptors (Lipinski definition) is 12. The second-order valence-electron chi connectivity index (χ2n) is 12.5. The van der Waals surface area contributed by atoms with Crippen molar-refractivity contribution in [2.24, 2.45) is 10.2 Å². The monoisotopic (exact) mass is 780 g/mol. The Balaban J connectivity index is 1.42. The number of phenols is 2. The van der Waals surface area contributed by atoms with E-state index in [0.29, 0.717) is 5.69 Å². The summed E-state index contributed by atoms with van der Waals surface area (Å²) < 4.78 is 18.4. The maximum absolute atomic E-state index is 14.0. The number of ketones is 2. The maximum atomic E-state index is 14.0. The number of nitrogens with zero attached hydrogens (tertiary/aromatic N) is 4. The highest BCUT2D eigenvalue weighted by molar-refractivity contribution is 9.10. The van der Waals surface area contributed by atoms with E-state index >= 15 is 0 Å². The summed E-state index contributed by atoms with van der Waals surface area (Å²) in [6.07, 6.45) is -5.10. The normalized spacial score (nSPS) is 25.5. The molecule has 6 N–H and O–H groups in total. The maximum Gasteiger partial charge on any atom is 0.202 e. The summed E-state index contributed by atoms with van der Waals surface area (Å²) in [5.41, 5.74) is 9.61. The number of carbonyl (C=O) groups excluding carboxylic acids is 2. The molecule has 51 heavy (non-hydrogen) atoms. The van der Waals surface area contributed by atoms with Gasteiger partial charge in [0.05, 0.1) is 53.9 Å². The van der Waals surface area contributed by atoms with Gasteiger partial charge in [0.2, 0.25) is 5.78 Å². The van der Waals surface area contributed by atoms with Crippen LogP contribution in [-0.2, 0) is 15.9 Å². The fraction of sp³-hybridized carbons (Fsp3) is 0.353. The molecule has 6 atom stereocenters. The summed E-state index contributed by atoms with van der Waals surface area (Å²) in [6, 6.07) is 10.7. The van der Waals surface area contributed by atoms with Crippen molar-refractivity contribution in [3.8, 4) is 17.2 Å². The number of fused-ring (bicyclic) bond motifs is 3. The number of phenolic OH excluding ortho intramolecular Hbond substituents is 2. The molecule has 3 aliphatic rings. The van der Waals surface area contributed by atoms with E-state index in [9.17, 15) is 30.0 Å². The van der Waals surface area contributed by atoms with Crippen LogP contribution in [0, 0.1) is 0 Å². The van der Waals surface area contributed by atoms with Crippen molar-refractivity contribution in [1.82, 2.24) is 5.43 Å². The van der Waals surface area contributed by atoms with E-state index in [-0.39, 0.29) is 58.1 Å². The van der Waals surface area contributed by atoms with Gasteiger partial charge in [0.15, 0.2) is 17.2 Å². The van der Waals surface area contributed by atoms with Crippen molar-refractivity contribution < 1.29 is 44.2 Å². The second kappa shape index (κ2) is 14.2. The van der Waals surface area contributed by atoms with E-state index in [4.69, 9.17) is 32.0 Å². The largest absolute Gasteiger partial charge is 0.507 e. The van der Waals surface area contributed by atoms with E-state index < -0.39 is 70.4 Å². The van der Waals surface area contributed by atoms with Crippen LogP contribution >= 0.6 is 28.1 Å². The number of azide groups is 1. The van der Waals surface area contributed by atoms with E-state index in [1.165, 1.54) is 32.2 Å². The van der Waals surface area contributed by atoms with Crippen LogP contribution in [0.15, 0.2) is 57.2 Å². The van der Waals surface area contributed by atoms with Crippen LogP contribution in [0.25, 0.3) is 10.4 Å². The number of benzene rings is 3. The Labute approximate surface area is 305 Å². The van der Waals surface area contributed by atoms with Gasteiger partial charge in [0, 0.05) is 51.0 Å². The molecule has 3 aromatic carbocycles. The Morgan fingerprint density at radius 1 is 1.12 bits per heavy atom. The molecule has 1 saturated heterocycles. The van der Waals surface area contributed by atoms with Gasteiger partial charge in [-0.1, -0.05) is 33.2 Å². The number of hydrazone groups is 1. The van der Waals surface area contributed by atoms with Crippen molar-refractivity contribution in [3.05, 3.63) is 90.8 Å². The zero-order valence-electron chi connectivity index (χ0n) is 27.5. The van der Waals surface area contributed by atoms with Crippen LogP contribution < -0.4 is 15.5 Å². The van der Waals surface area contributed by atoms with Gasteiger partial charge in [0.25, 0.3) is 0 Å². The first kappa shape index (κ1) is 36.2. The van der Waals surface area contributed by atoms with E-state index in [1.54, 1.807) is 19.1 Å². The molecular weight excluding hydrogens is 748 g/mol. The lowest BCUT2D eigenvalue weighted by molar-refractivity contribution is -0.245. The van der Waals surface area contributed by atoms with Crippen molar-refractivity contribution in [2.45, 2.75) is 69.4 Å².